The standard InChI is InChI=1S/C15H16N2O3/c16-12-6-5-11(15(17)19)9-14(12)20-13-4-2-1-3-10(13)7-8-18/h1-6,9,18H,7-8,16H2,(H2,17,19). The fourth-order valence-electron chi connectivity index (χ4n) is 1.82. The summed E-state index contributed by atoms with van der Waals surface area (Å²) in [5.74, 6) is 0.417. The Bertz CT molecular complexity index is 626. The maximum Gasteiger partial charge on any atom is 0.248 e. The number of aliphatic hydroxyl groups excluding tert-OH is 1. The Labute approximate surface area is 116 Å². The minimum absolute atomic E-state index is 0.0250. The van der Waals surface area contributed by atoms with Crippen molar-refractivity contribution in [1.82, 2.24) is 0 Å². The molecular formula is C15H16N2O3. The molecule has 0 radical (unpaired) electrons. The van der Waals surface area contributed by atoms with E-state index in [1.54, 1.807) is 18.2 Å². The van der Waals surface area contributed by atoms with Gasteiger partial charge in [0, 0.05) is 12.2 Å². The minimum atomic E-state index is -0.543. The Morgan fingerprint density at radius 2 is 1.90 bits per heavy atom. The van der Waals surface area contributed by atoms with Gasteiger partial charge in [0.15, 0.2) is 5.75 Å². The van der Waals surface area contributed by atoms with E-state index < -0.39 is 5.91 Å². The number of benzene rings is 2. The lowest BCUT2D eigenvalue weighted by atomic mass is 10.1. The Morgan fingerprint density at radius 1 is 1.15 bits per heavy atom. The summed E-state index contributed by atoms with van der Waals surface area (Å²) >= 11 is 0. The summed E-state index contributed by atoms with van der Waals surface area (Å²) in [5.41, 5.74) is 12.7. The zero-order chi connectivity index (χ0) is 14.5. The van der Waals surface area contributed by atoms with Gasteiger partial charge in [0.05, 0.1) is 5.69 Å². The Morgan fingerprint density at radius 3 is 2.60 bits per heavy atom. The summed E-state index contributed by atoms with van der Waals surface area (Å²) in [7, 11) is 0. The quantitative estimate of drug-likeness (QED) is 0.721. The van der Waals surface area contributed by atoms with Gasteiger partial charge in [-0.1, -0.05) is 18.2 Å². The van der Waals surface area contributed by atoms with E-state index in [-0.39, 0.29) is 6.61 Å². The molecule has 0 spiro atoms. The van der Waals surface area contributed by atoms with Crippen LogP contribution < -0.4 is 16.2 Å². The maximum absolute atomic E-state index is 11.2. The van der Waals surface area contributed by atoms with Crippen LogP contribution in [-0.2, 0) is 6.42 Å². The highest BCUT2D eigenvalue weighted by molar-refractivity contribution is 5.93. The molecule has 0 atom stereocenters. The van der Waals surface area contributed by atoms with E-state index in [1.807, 2.05) is 18.2 Å². The van der Waals surface area contributed by atoms with Crippen LogP contribution in [0.5, 0.6) is 11.5 Å². The maximum atomic E-state index is 11.2. The van der Waals surface area contributed by atoms with Crippen molar-refractivity contribution in [2.24, 2.45) is 5.73 Å². The molecule has 0 aliphatic heterocycles. The number of hydrogen-bond acceptors (Lipinski definition) is 4. The number of aliphatic hydroxyl groups is 1. The molecule has 0 saturated heterocycles. The summed E-state index contributed by atoms with van der Waals surface area (Å²) in [4.78, 5) is 11.2. The second-order valence-corrected chi connectivity index (χ2v) is 4.30. The fourth-order valence-corrected chi connectivity index (χ4v) is 1.82. The van der Waals surface area contributed by atoms with Gasteiger partial charge in [-0.3, -0.25) is 4.79 Å². The lowest BCUT2D eigenvalue weighted by molar-refractivity contribution is 0.1000. The van der Waals surface area contributed by atoms with E-state index in [0.717, 1.165) is 5.56 Å². The van der Waals surface area contributed by atoms with Gasteiger partial charge in [-0.05, 0) is 36.2 Å². The smallest absolute Gasteiger partial charge is 0.248 e. The predicted octanol–water partition coefficient (Wildman–Crippen LogP) is 1.69. The number of ether oxygens (including phenoxy) is 1. The van der Waals surface area contributed by atoms with Crippen molar-refractivity contribution < 1.29 is 14.6 Å². The summed E-state index contributed by atoms with van der Waals surface area (Å²) < 4.78 is 5.74. The first-order valence-corrected chi connectivity index (χ1v) is 6.17. The first-order chi connectivity index (χ1) is 9.61. The van der Waals surface area contributed by atoms with Gasteiger partial charge >= 0.3 is 0 Å². The van der Waals surface area contributed by atoms with E-state index in [4.69, 9.17) is 21.3 Å². The molecule has 20 heavy (non-hydrogen) atoms. The largest absolute Gasteiger partial charge is 0.455 e. The number of para-hydroxylation sites is 1. The Kier molecular flexibility index (Phi) is 4.22. The van der Waals surface area contributed by atoms with Gasteiger partial charge in [0.2, 0.25) is 5.91 Å². The van der Waals surface area contributed by atoms with Crippen LogP contribution in [0.1, 0.15) is 15.9 Å². The molecule has 2 aromatic rings. The summed E-state index contributed by atoms with van der Waals surface area (Å²) in [5, 5.41) is 9.04. The molecule has 0 aliphatic carbocycles. The van der Waals surface area contributed by atoms with Crippen molar-refractivity contribution in [3.8, 4) is 11.5 Å². The number of amides is 1. The third-order valence-electron chi connectivity index (χ3n) is 2.87. The second-order valence-electron chi connectivity index (χ2n) is 4.30. The van der Waals surface area contributed by atoms with Crippen LogP contribution in [0.25, 0.3) is 0 Å². The fraction of sp³-hybridized carbons (Fsp3) is 0.133. The van der Waals surface area contributed by atoms with Crippen LogP contribution in [0.2, 0.25) is 0 Å². The average Bonchev–Trinajstić information content (AvgIpc) is 2.43. The summed E-state index contributed by atoms with van der Waals surface area (Å²) in [6.07, 6.45) is 0.478. The number of rotatable bonds is 5. The topological polar surface area (TPSA) is 98.6 Å². The van der Waals surface area contributed by atoms with Gasteiger partial charge in [-0.15, -0.1) is 0 Å². The number of anilines is 1. The van der Waals surface area contributed by atoms with E-state index in [2.05, 4.69) is 0 Å². The number of nitrogens with two attached hydrogens (primary N) is 2. The van der Waals surface area contributed by atoms with Crippen LogP contribution in [0.15, 0.2) is 42.5 Å². The third kappa shape index (κ3) is 3.07. The van der Waals surface area contributed by atoms with Crippen LogP contribution in [-0.4, -0.2) is 17.6 Å². The van der Waals surface area contributed by atoms with Crippen LogP contribution in [0.4, 0.5) is 5.69 Å². The van der Waals surface area contributed by atoms with E-state index >= 15 is 0 Å². The first kappa shape index (κ1) is 13.9. The average molecular weight is 272 g/mol. The number of primary amides is 1. The lowest BCUT2D eigenvalue weighted by Gasteiger charge is -2.12. The molecule has 0 aliphatic rings. The summed E-state index contributed by atoms with van der Waals surface area (Å²) in [6.45, 7) is 0.0250. The molecule has 2 aromatic carbocycles. The molecule has 0 bridgehead atoms. The van der Waals surface area contributed by atoms with E-state index in [1.165, 1.54) is 6.07 Å². The molecule has 5 N–H and O–H groups in total. The molecule has 1 amide bonds. The Hall–Kier alpha value is -2.53. The highest BCUT2D eigenvalue weighted by atomic mass is 16.5. The molecule has 5 nitrogen and oxygen atoms in total. The molecular weight excluding hydrogens is 256 g/mol. The van der Waals surface area contributed by atoms with Crippen molar-refractivity contribution in [3.63, 3.8) is 0 Å². The van der Waals surface area contributed by atoms with Crippen molar-refractivity contribution in [3.05, 3.63) is 53.6 Å². The number of carbonyl (C=O) groups is 1. The molecule has 0 aromatic heterocycles. The van der Waals surface area contributed by atoms with Gasteiger partial charge in [0.1, 0.15) is 5.75 Å². The van der Waals surface area contributed by atoms with E-state index in [9.17, 15) is 4.79 Å². The predicted molar refractivity (Wildman–Crippen MR) is 76.7 cm³/mol. The van der Waals surface area contributed by atoms with Crippen molar-refractivity contribution in [2.75, 3.05) is 12.3 Å². The van der Waals surface area contributed by atoms with Crippen molar-refractivity contribution in [2.45, 2.75) is 6.42 Å². The second kappa shape index (κ2) is 6.08. The zero-order valence-electron chi connectivity index (χ0n) is 10.9. The number of carbonyl (C=O) groups excluding carboxylic acids is 1. The minimum Gasteiger partial charge on any atom is -0.455 e. The molecule has 0 saturated carbocycles. The molecule has 2 rings (SSSR count). The van der Waals surface area contributed by atoms with Gasteiger partial charge < -0.3 is 21.3 Å². The third-order valence-corrected chi connectivity index (χ3v) is 2.87. The molecule has 0 unspecified atom stereocenters. The summed E-state index contributed by atoms with van der Waals surface area (Å²) in [6, 6.07) is 12.0. The van der Waals surface area contributed by atoms with E-state index in [0.29, 0.717) is 29.2 Å². The van der Waals surface area contributed by atoms with Crippen molar-refractivity contribution >= 4 is 11.6 Å². The SMILES string of the molecule is NC(=O)c1ccc(N)c(Oc2ccccc2CCO)c1. The molecule has 104 valence electrons. The highest BCUT2D eigenvalue weighted by Gasteiger charge is 2.09. The van der Waals surface area contributed by atoms with Crippen LogP contribution >= 0.6 is 0 Å². The lowest BCUT2D eigenvalue weighted by Crippen LogP contribution is -2.11. The van der Waals surface area contributed by atoms with Crippen LogP contribution in [0, 0.1) is 0 Å². The molecule has 5 heteroatoms. The first-order valence-electron chi connectivity index (χ1n) is 6.17. The van der Waals surface area contributed by atoms with Crippen LogP contribution in [0.3, 0.4) is 0 Å². The number of hydrogen-bond donors (Lipinski definition) is 3. The van der Waals surface area contributed by atoms with Gasteiger partial charge in [-0.2, -0.15) is 0 Å². The van der Waals surface area contributed by atoms with Gasteiger partial charge in [0.25, 0.3) is 0 Å². The normalized spacial score (nSPS) is 10.2. The highest BCUT2D eigenvalue weighted by Crippen LogP contribution is 2.30. The molecule has 0 fully saturated rings. The molecule has 0 heterocycles. The van der Waals surface area contributed by atoms with Crippen molar-refractivity contribution in [1.29, 1.82) is 0 Å². The monoisotopic (exact) mass is 272 g/mol. The Balaban J connectivity index is 2.34. The zero-order valence-corrected chi connectivity index (χ0v) is 10.9. The number of nitrogen functional groups attached to an aromatic ring is 1. The van der Waals surface area contributed by atoms with Gasteiger partial charge in [-0.25, -0.2) is 0 Å².